The maximum Gasteiger partial charge on any atom is 0.229 e. The summed E-state index contributed by atoms with van der Waals surface area (Å²) in [5.41, 5.74) is 6.24. The summed E-state index contributed by atoms with van der Waals surface area (Å²) in [5, 5.41) is 8.93. The minimum Gasteiger partial charge on any atom is -0.390 e. The van der Waals surface area contributed by atoms with E-state index in [-0.39, 0.29) is 18.6 Å². The van der Waals surface area contributed by atoms with Gasteiger partial charge in [0.1, 0.15) is 5.82 Å². The summed E-state index contributed by atoms with van der Waals surface area (Å²) in [5.74, 6) is 0.560. The molecule has 0 radical (unpaired) electrons. The number of aliphatic hydroxyl groups is 1. The average molecular weight is 207 g/mol. The van der Waals surface area contributed by atoms with E-state index in [4.69, 9.17) is 10.8 Å². The molecule has 0 aliphatic carbocycles. The lowest BCUT2D eigenvalue weighted by atomic mass is 10.3. The van der Waals surface area contributed by atoms with E-state index in [1.807, 2.05) is 0 Å². The molecule has 2 rings (SSSR count). The SMILES string of the molecule is NC1CC(=O)N(c2cccc(CO)n2)C1. The smallest absolute Gasteiger partial charge is 0.229 e. The first-order chi connectivity index (χ1) is 7.20. The van der Waals surface area contributed by atoms with Crippen LogP contribution in [0.1, 0.15) is 12.1 Å². The second kappa shape index (κ2) is 3.96. The molecule has 5 nitrogen and oxygen atoms in total. The van der Waals surface area contributed by atoms with E-state index in [2.05, 4.69) is 4.98 Å². The van der Waals surface area contributed by atoms with E-state index in [1.165, 1.54) is 0 Å². The van der Waals surface area contributed by atoms with Gasteiger partial charge in [-0.2, -0.15) is 0 Å². The monoisotopic (exact) mass is 207 g/mol. The Bertz CT molecular complexity index is 381. The van der Waals surface area contributed by atoms with E-state index in [9.17, 15) is 4.79 Å². The van der Waals surface area contributed by atoms with Crippen molar-refractivity contribution in [3.05, 3.63) is 23.9 Å². The van der Waals surface area contributed by atoms with Crippen LogP contribution in [0.2, 0.25) is 0 Å². The van der Waals surface area contributed by atoms with Gasteiger partial charge < -0.3 is 10.8 Å². The number of nitrogens with zero attached hydrogens (tertiary/aromatic N) is 2. The van der Waals surface area contributed by atoms with E-state index >= 15 is 0 Å². The summed E-state index contributed by atoms with van der Waals surface area (Å²) in [7, 11) is 0. The highest BCUT2D eigenvalue weighted by Gasteiger charge is 2.28. The number of hydrogen-bond donors (Lipinski definition) is 2. The second-order valence-corrected chi connectivity index (χ2v) is 3.61. The Kier molecular flexibility index (Phi) is 2.66. The van der Waals surface area contributed by atoms with Crippen molar-refractivity contribution in [3.8, 4) is 0 Å². The number of anilines is 1. The molecule has 0 spiro atoms. The van der Waals surface area contributed by atoms with E-state index in [0.29, 0.717) is 24.5 Å². The van der Waals surface area contributed by atoms with Gasteiger partial charge in [-0.25, -0.2) is 4.98 Å². The number of rotatable bonds is 2. The maximum atomic E-state index is 11.5. The number of carbonyl (C=O) groups excluding carboxylic acids is 1. The van der Waals surface area contributed by atoms with Crippen LogP contribution in [0.15, 0.2) is 18.2 Å². The molecule has 15 heavy (non-hydrogen) atoms. The van der Waals surface area contributed by atoms with Crippen molar-refractivity contribution < 1.29 is 9.90 Å². The molecule has 80 valence electrons. The Morgan fingerprint density at radius 2 is 2.40 bits per heavy atom. The number of nitrogens with two attached hydrogens (primary N) is 1. The van der Waals surface area contributed by atoms with Crippen LogP contribution in [0.3, 0.4) is 0 Å². The molecule has 1 aliphatic heterocycles. The third-order valence-electron chi connectivity index (χ3n) is 2.39. The van der Waals surface area contributed by atoms with Gasteiger partial charge in [0.25, 0.3) is 0 Å². The molecule has 1 aromatic heterocycles. The lowest BCUT2D eigenvalue weighted by Crippen LogP contribution is -2.28. The fraction of sp³-hybridized carbons (Fsp3) is 0.400. The summed E-state index contributed by atoms with van der Waals surface area (Å²) in [4.78, 5) is 17.2. The van der Waals surface area contributed by atoms with Gasteiger partial charge in [0, 0.05) is 19.0 Å². The Balaban J connectivity index is 2.25. The normalized spacial score (nSPS) is 21.1. The molecule has 3 N–H and O–H groups in total. The Morgan fingerprint density at radius 3 is 3.00 bits per heavy atom. The van der Waals surface area contributed by atoms with Gasteiger partial charge >= 0.3 is 0 Å². The summed E-state index contributed by atoms with van der Waals surface area (Å²) in [6, 6.07) is 5.11. The van der Waals surface area contributed by atoms with Gasteiger partial charge in [-0.1, -0.05) is 6.07 Å². The summed E-state index contributed by atoms with van der Waals surface area (Å²) in [6.45, 7) is 0.378. The van der Waals surface area contributed by atoms with Crippen molar-refractivity contribution in [2.45, 2.75) is 19.1 Å². The zero-order valence-electron chi connectivity index (χ0n) is 8.26. The number of aromatic nitrogens is 1. The quantitative estimate of drug-likeness (QED) is 0.694. The molecule has 2 heterocycles. The highest BCUT2D eigenvalue weighted by Crippen LogP contribution is 2.18. The van der Waals surface area contributed by atoms with Crippen LogP contribution in [0.25, 0.3) is 0 Å². The van der Waals surface area contributed by atoms with Crippen molar-refractivity contribution in [1.82, 2.24) is 4.98 Å². The predicted molar refractivity (Wildman–Crippen MR) is 55.1 cm³/mol. The highest BCUT2D eigenvalue weighted by atomic mass is 16.3. The van der Waals surface area contributed by atoms with Crippen molar-refractivity contribution >= 4 is 11.7 Å². The molecule has 1 amide bonds. The molecule has 1 aliphatic rings. The van der Waals surface area contributed by atoms with Gasteiger partial charge in [-0.05, 0) is 12.1 Å². The minimum absolute atomic E-state index is 0.00918. The van der Waals surface area contributed by atoms with Crippen LogP contribution in [0, 0.1) is 0 Å². The van der Waals surface area contributed by atoms with Crippen LogP contribution in [-0.2, 0) is 11.4 Å². The first kappa shape index (κ1) is 10.1. The summed E-state index contributed by atoms with van der Waals surface area (Å²) >= 11 is 0. The zero-order chi connectivity index (χ0) is 10.8. The lowest BCUT2D eigenvalue weighted by Gasteiger charge is -2.15. The van der Waals surface area contributed by atoms with Crippen LogP contribution < -0.4 is 10.6 Å². The third-order valence-corrected chi connectivity index (χ3v) is 2.39. The lowest BCUT2D eigenvalue weighted by molar-refractivity contribution is -0.117. The molecule has 1 fully saturated rings. The molecule has 1 aromatic rings. The topological polar surface area (TPSA) is 79.5 Å². The molecule has 1 saturated heterocycles. The van der Waals surface area contributed by atoms with Gasteiger partial charge in [-0.3, -0.25) is 9.69 Å². The predicted octanol–water partition coefficient (Wildman–Crippen LogP) is -0.362. The molecular formula is C10H13N3O2. The fourth-order valence-corrected chi connectivity index (χ4v) is 1.66. The zero-order valence-corrected chi connectivity index (χ0v) is 8.26. The first-order valence-corrected chi connectivity index (χ1v) is 4.83. The third kappa shape index (κ3) is 1.98. The molecule has 1 unspecified atom stereocenters. The van der Waals surface area contributed by atoms with Crippen molar-refractivity contribution in [1.29, 1.82) is 0 Å². The largest absolute Gasteiger partial charge is 0.390 e. The number of hydrogen-bond acceptors (Lipinski definition) is 4. The van der Waals surface area contributed by atoms with Gasteiger partial charge in [-0.15, -0.1) is 0 Å². The summed E-state index contributed by atoms with van der Waals surface area (Å²) in [6.07, 6.45) is 0.366. The fourth-order valence-electron chi connectivity index (χ4n) is 1.66. The minimum atomic E-state index is -0.123. The number of amides is 1. The second-order valence-electron chi connectivity index (χ2n) is 3.61. The van der Waals surface area contributed by atoms with Crippen molar-refractivity contribution in [2.75, 3.05) is 11.4 Å². The van der Waals surface area contributed by atoms with Crippen LogP contribution >= 0.6 is 0 Å². The molecule has 0 bridgehead atoms. The maximum absolute atomic E-state index is 11.5. The first-order valence-electron chi connectivity index (χ1n) is 4.83. The van der Waals surface area contributed by atoms with E-state index < -0.39 is 0 Å². The molecular weight excluding hydrogens is 194 g/mol. The van der Waals surface area contributed by atoms with Gasteiger partial charge in [0.2, 0.25) is 5.91 Å². The number of pyridine rings is 1. The van der Waals surface area contributed by atoms with Crippen LogP contribution in [0.5, 0.6) is 0 Å². The molecule has 5 heteroatoms. The number of carbonyl (C=O) groups is 1. The molecule has 0 aromatic carbocycles. The van der Waals surface area contributed by atoms with Crippen LogP contribution in [0.4, 0.5) is 5.82 Å². The Labute approximate surface area is 87.5 Å². The number of aliphatic hydroxyl groups excluding tert-OH is 1. The van der Waals surface area contributed by atoms with Gasteiger partial charge in [0.15, 0.2) is 0 Å². The van der Waals surface area contributed by atoms with E-state index in [0.717, 1.165) is 0 Å². The van der Waals surface area contributed by atoms with Gasteiger partial charge in [0.05, 0.1) is 12.3 Å². The highest BCUT2D eigenvalue weighted by molar-refractivity contribution is 5.95. The standard InChI is InChI=1S/C10H13N3O2/c11-7-4-10(15)13(5-7)9-3-1-2-8(6-14)12-9/h1-3,7,14H,4-6,11H2. The molecule has 1 atom stereocenters. The Morgan fingerprint density at radius 1 is 1.60 bits per heavy atom. The van der Waals surface area contributed by atoms with Crippen molar-refractivity contribution in [3.63, 3.8) is 0 Å². The van der Waals surface area contributed by atoms with E-state index in [1.54, 1.807) is 23.1 Å². The average Bonchev–Trinajstić information content (AvgIpc) is 2.58. The molecule has 0 saturated carbocycles. The van der Waals surface area contributed by atoms with Crippen molar-refractivity contribution in [2.24, 2.45) is 5.73 Å². The Hall–Kier alpha value is -1.46. The van der Waals surface area contributed by atoms with Crippen LogP contribution in [-0.4, -0.2) is 28.6 Å². The summed E-state index contributed by atoms with van der Waals surface area (Å²) < 4.78 is 0.